The van der Waals surface area contributed by atoms with E-state index >= 15 is 0 Å². The van der Waals surface area contributed by atoms with Gasteiger partial charge in [0.15, 0.2) is 0 Å². The molecule has 16 heavy (non-hydrogen) atoms. The van der Waals surface area contributed by atoms with Crippen molar-refractivity contribution < 1.29 is 14.4 Å². The Balaban J connectivity index is 2.34. The fourth-order valence-electron chi connectivity index (χ4n) is 1.23. The normalized spacial score (nSPS) is 10.3. The third-order valence-corrected chi connectivity index (χ3v) is 3.17. The predicted molar refractivity (Wildman–Crippen MR) is 58.8 cm³/mol. The summed E-state index contributed by atoms with van der Waals surface area (Å²) in [5.41, 5.74) is -0.0358. The zero-order valence-electron chi connectivity index (χ0n) is 8.51. The maximum absolute atomic E-state index is 10.9. The molecule has 0 atom stereocenters. The van der Waals surface area contributed by atoms with Crippen LogP contribution >= 0.6 is 11.8 Å². The van der Waals surface area contributed by atoms with E-state index in [9.17, 15) is 4.79 Å². The number of carboxylic acid groups (broad SMARTS) is 1. The number of aromatic carboxylic acids is 1. The van der Waals surface area contributed by atoms with Crippen molar-refractivity contribution in [2.45, 2.75) is 16.7 Å². The molecule has 1 aromatic carbocycles. The Kier molecular flexibility index (Phi) is 2.96. The molecule has 4 nitrogen and oxygen atoms in total. The minimum Gasteiger partial charge on any atom is -0.476 e. The second-order valence-corrected chi connectivity index (χ2v) is 4.22. The zero-order chi connectivity index (χ0) is 11.5. The number of nitrogens with zero attached hydrogens (tertiary/aromatic N) is 1. The van der Waals surface area contributed by atoms with Crippen LogP contribution in [0.1, 0.15) is 16.2 Å². The Morgan fingerprint density at radius 3 is 2.69 bits per heavy atom. The van der Waals surface area contributed by atoms with Crippen LogP contribution in [0.5, 0.6) is 0 Å². The average molecular weight is 235 g/mol. The molecule has 0 amide bonds. The summed E-state index contributed by atoms with van der Waals surface area (Å²) in [6, 6.07) is 9.51. The molecule has 0 unspecified atom stereocenters. The van der Waals surface area contributed by atoms with E-state index in [1.54, 1.807) is 6.92 Å². The molecule has 5 heteroatoms. The van der Waals surface area contributed by atoms with Gasteiger partial charge in [0.1, 0.15) is 5.76 Å². The summed E-state index contributed by atoms with van der Waals surface area (Å²) in [7, 11) is 0. The van der Waals surface area contributed by atoms with Crippen LogP contribution in [0, 0.1) is 6.92 Å². The molecule has 0 fully saturated rings. The molecule has 1 heterocycles. The van der Waals surface area contributed by atoms with Gasteiger partial charge in [0, 0.05) is 4.90 Å². The van der Waals surface area contributed by atoms with Crippen LogP contribution in [0.25, 0.3) is 0 Å². The van der Waals surface area contributed by atoms with Gasteiger partial charge < -0.3 is 9.63 Å². The van der Waals surface area contributed by atoms with Crippen molar-refractivity contribution in [1.82, 2.24) is 5.16 Å². The smallest absolute Gasteiger partial charge is 0.359 e. The number of benzene rings is 1. The molecule has 0 aliphatic rings. The van der Waals surface area contributed by atoms with Crippen LogP contribution in [0.2, 0.25) is 0 Å². The van der Waals surface area contributed by atoms with Crippen LogP contribution in [0.4, 0.5) is 0 Å². The van der Waals surface area contributed by atoms with Crippen LogP contribution in [0.3, 0.4) is 0 Å². The van der Waals surface area contributed by atoms with Gasteiger partial charge in [-0.15, -0.1) is 0 Å². The molecule has 2 rings (SSSR count). The van der Waals surface area contributed by atoms with E-state index < -0.39 is 5.97 Å². The summed E-state index contributed by atoms with van der Waals surface area (Å²) < 4.78 is 4.88. The molecule has 2 aromatic rings. The highest BCUT2D eigenvalue weighted by Crippen LogP contribution is 2.32. The van der Waals surface area contributed by atoms with Gasteiger partial charge in [0.25, 0.3) is 0 Å². The number of carboxylic acids is 1. The standard InChI is InChI=1S/C11H9NO3S/c1-7-10(9(11(13)14)12-15-7)16-8-5-3-2-4-6-8/h2-6H,1H3,(H,13,14). The Bertz CT molecular complexity index is 507. The lowest BCUT2D eigenvalue weighted by Gasteiger charge is -1.99. The van der Waals surface area contributed by atoms with E-state index in [1.165, 1.54) is 11.8 Å². The largest absolute Gasteiger partial charge is 0.476 e. The van der Waals surface area contributed by atoms with Crippen molar-refractivity contribution in [3.05, 3.63) is 41.8 Å². The first-order valence-electron chi connectivity index (χ1n) is 4.61. The Labute approximate surface area is 96.3 Å². The highest BCUT2D eigenvalue weighted by Gasteiger charge is 2.19. The van der Waals surface area contributed by atoms with Crippen LogP contribution < -0.4 is 0 Å². The number of carbonyl (C=O) groups is 1. The van der Waals surface area contributed by atoms with E-state index in [4.69, 9.17) is 9.63 Å². The summed E-state index contributed by atoms with van der Waals surface area (Å²) in [6.07, 6.45) is 0. The van der Waals surface area contributed by atoms with E-state index in [0.717, 1.165) is 4.90 Å². The van der Waals surface area contributed by atoms with Crippen LogP contribution in [0.15, 0.2) is 44.6 Å². The maximum Gasteiger partial charge on any atom is 0.359 e. The molecule has 0 saturated carbocycles. The number of aromatic nitrogens is 1. The van der Waals surface area contributed by atoms with Crippen molar-refractivity contribution in [1.29, 1.82) is 0 Å². The lowest BCUT2D eigenvalue weighted by molar-refractivity contribution is 0.0682. The molecule has 0 bridgehead atoms. The third kappa shape index (κ3) is 2.09. The topological polar surface area (TPSA) is 63.3 Å². The zero-order valence-corrected chi connectivity index (χ0v) is 9.32. The van der Waals surface area contributed by atoms with Crippen LogP contribution in [-0.2, 0) is 0 Å². The number of hydrogen-bond acceptors (Lipinski definition) is 4. The van der Waals surface area contributed by atoms with Gasteiger partial charge in [0.05, 0.1) is 4.90 Å². The predicted octanol–water partition coefficient (Wildman–Crippen LogP) is 2.83. The first kappa shape index (κ1) is 10.8. The van der Waals surface area contributed by atoms with E-state index in [2.05, 4.69) is 5.16 Å². The van der Waals surface area contributed by atoms with Gasteiger partial charge in [-0.3, -0.25) is 0 Å². The maximum atomic E-state index is 10.9. The van der Waals surface area contributed by atoms with Gasteiger partial charge in [-0.25, -0.2) is 4.79 Å². The highest BCUT2D eigenvalue weighted by molar-refractivity contribution is 7.99. The van der Waals surface area contributed by atoms with Gasteiger partial charge in [-0.2, -0.15) is 0 Å². The summed E-state index contributed by atoms with van der Waals surface area (Å²) in [4.78, 5) is 12.4. The number of hydrogen-bond donors (Lipinski definition) is 1. The van der Waals surface area contributed by atoms with Crippen LogP contribution in [-0.4, -0.2) is 16.2 Å². The summed E-state index contributed by atoms with van der Waals surface area (Å²) >= 11 is 1.34. The fraction of sp³-hybridized carbons (Fsp3) is 0.0909. The quantitative estimate of drug-likeness (QED) is 0.886. The van der Waals surface area contributed by atoms with E-state index in [0.29, 0.717) is 10.7 Å². The Hall–Kier alpha value is -1.75. The lowest BCUT2D eigenvalue weighted by Crippen LogP contribution is -1.98. The molecule has 0 saturated heterocycles. The van der Waals surface area contributed by atoms with E-state index in [1.807, 2.05) is 30.3 Å². The monoisotopic (exact) mass is 235 g/mol. The molecule has 0 spiro atoms. The summed E-state index contributed by atoms with van der Waals surface area (Å²) in [5.74, 6) is -0.554. The Morgan fingerprint density at radius 1 is 1.38 bits per heavy atom. The molecule has 1 aromatic heterocycles. The number of aryl methyl sites for hydroxylation is 1. The summed E-state index contributed by atoms with van der Waals surface area (Å²) in [6.45, 7) is 1.70. The van der Waals surface area contributed by atoms with Gasteiger partial charge in [-0.1, -0.05) is 35.1 Å². The molecule has 1 N–H and O–H groups in total. The minimum atomic E-state index is -1.07. The molecule has 82 valence electrons. The van der Waals surface area contributed by atoms with Crippen molar-refractivity contribution >= 4 is 17.7 Å². The lowest BCUT2D eigenvalue weighted by atomic mass is 10.4. The summed E-state index contributed by atoms with van der Waals surface area (Å²) in [5, 5.41) is 12.4. The van der Waals surface area contributed by atoms with Crippen molar-refractivity contribution in [2.24, 2.45) is 0 Å². The van der Waals surface area contributed by atoms with Gasteiger partial charge in [-0.05, 0) is 19.1 Å². The van der Waals surface area contributed by atoms with Crippen molar-refractivity contribution in [2.75, 3.05) is 0 Å². The second-order valence-electron chi connectivity index (χ2n) is 3.14. The first-order chi connectivity index (χ1) is 7.68. The van der Waals surface area contributed by atoms with Crippen molar-refractivity contribution in [3.8, 4) is 0 Å². The highest BCUT2D eigenvalue weighted by atomic mass is 32.2. The number of rotatable bonds is 3. The molecule has 0 aliphatic heterocycles. The van der Waals surface area contributed by atoms with Crippen molar-refractivity contribution in [3.63, 3.8) is 0 Å². The fourth-order valence-corrected chi connectivity index (χ4v) is 2.16. The Morgan fingerprint density at radius 2 is 2.06 bits per heavy atom. The second kappa shape index (κ2) is 4.40. The third-order valence-electron chi connectivity index (χ3n) is 1.97. The molecular formula is C11H9NO3S. The SMILES string of the molecule is Cc1onc(C(=O)O)c1Sc1ccccc1. The molecular weight excluding hydrogens is 226 g/mol. The first-order valence-corrected chi connectivity index (χ1v) is 5.42. The minimum absolute atomic E-state index is 0.0358. The average Bonchev–Trinajstić information content (AvgIpc) is 2.62. The van der Waals surface area contributed by atoms with Gasteiger partial charge >= 0.3 is 5.97 Å². The molecule has 0 radical (unpaired) electrons. The van der Waals surface area contributed by atoms with Gasteiger partial charge in [0.2, 0.25) is 5.69 Å². The molecule has 0 aliphatic carbocycles. The van der Waals surface area contributed by atoms with E-state index in [-0.39, 0.29) is 5.69 Å².